The number of rotatable bonds is 2. The molecule has 14 heavy (non-hydrogen) atoms. The lowest BCUT2D eigenvalue weighted by Gasteiger charge is -2.07. The first-order valence-electron chi connectivity index (χ1n) is 3.91. The van der Waals surface area contributed by atoms with Gasteiger partial charge < -0.3 is 5.11 Å². The van der Waals surface area contributed by atoms with E-state index in [-0.39, 0.29) is 18.1 Å². The van der Waals surface area contributed by atoms with Crippen molar-refractivity contribution in [3.8, 4) is 0 Å². The van der Waals surface area contributed by atoms with Gasteiger partial charge in [-0.1, -0.05) is 0 Å². The molecule has 0 saturated carbocycles. The first kappa shape index (κ1) is 10.9. The number of halogens is 3. The number of aromatic nitrogens is 2. The second kappa shape index (κ2) is 3.91. The molecule has 1 N–H and O–H groups in total. The van der Waals surface area contributed by atoms with E-state index in [0.717, 1.165) is 0 Å². The van der Waals surface area contributed by atoms with Crippen molar-refractivity contribution in [2.45, 2.75) is 26.1 Å². The number of aryl methyl sites for hydroxylation is 1. The van der Waals surface area contributed by atoms with Crippen LogP contribution < -0.4 is 0 Å². The summed E-state index contributed by atoms with van der Waals surface area (Å²) in [6, 6.07) is 0. The van der Waals surface area contributed by atoms with Gasteiger partial charge in [-0.25, -0.2) is 9.97 Å². The molecule has 1 heterocycles. The van der Waals surface area contributed by atoms with Crippen LogP contribution in [-0.4, -0.2) is 21.3 Å². The molecule has 0 spiro atoms. The number of aliphatic hydroxyl groups excluding tert-OH is 1. The lowest BCUT2D eigenvalue weighted by molar-refractivity contribution is -0.128. The van der Waals surface area contributed by atoms with E-state index in [0.29, 0.717) is 5.56 Å². The SMILES string of the molecule is Cc1cnc(CC(F)(F)F)nc1CO. The highest BCUT2D eigenvalue weighted by atomic mass is 19.4. The fourth-order valence-electron chi connectivity index (χ4n) is 0.943. The molecule has 78 valence electrons. The molecule has 0 bridgehead atoms. The molecular formula is C8H9F3N2O. The molecule has 0 aliphatic carbocycles. The third kappa shape index (κ3) is 2.95. The Balaban J connectivity index is 2.90. The number of hydrogen-bond donors (Lipinski definition) is 1. The monoisotopic (exact) mass is 206 g/mol. The van der Waals surface area contributed by atoms with Gasteiger partial charge in [0.25, 0.3) is 0 Å². The van der Waals surface area contributed by atoms with Crippen molar-refractivity contribution in [1.82, 2.24) is 9.97 Å². The number of nitrogens with zero attached hydrogens (tertiary/aromatic N) is 2. The second-order valence-corrected chi connectivity index (χ2v) is 2.87. The van der Waals surface area contributed by atoms with Crippen molar-refractivity contribution in [2.75, 3.05) is 0 Å². The smallest absolute Gasteiger partial charge is 0.390 e. The molecule has 0 unspecified atom stereocenters. The van der Waals surface area contributed by atoms with Gasteiger partial charge in [-0.2, -0.15) is 13.2 Å². The van der Waals surface area contributed by atoms with Crippen LogP contribution >= 0.6 is 0 Å². The number of alkyl halides is 3. The summed E-state index contributed by atoms with van der Waals surface area (Å²) >= 11 is 0. The Labute approximate surface area is 78.6 Å². The van der Waals surface area contributed by atoms with E-state index in [1.807, 2.05) is 0 Å². The highest BCUT2D eigenvalue weighted by Crippen LogP contribution is 2.19. The number of aliphatic hydroxyl groups is 1. The zero-order valence-electron chi connectivity index (χ0n) is 7.47. The van der Waals surface area contributed by atoms with E-state index in [1.54, 1.807) is 6.92 Å². The molecule has 0 amide bonds. The Hall–Kier alpha value is -1.17. The Bertz CT molecular complexity index is 325. The van der Waals surface area contributed by atoms with Gasteiger partial charge >= 0.3 is 6.18 Å². The van der Waals surface area contributed by atoms with Crippen LogP contribution in [0.4, 0.5) is 13.2 Å². The van der Waals surface area contributed by atoms with Crippen LogP contribution in [0.3, 0.4) is 0 Å². The standard InChI is InChI=1S/C8H9F3N2O/c1-5-3-12-7(2-8(9,10)11)13-6(5)4-14/h3,14H,2,4H2,1H3. The molecule has 6 heteroatoms. The van der Waals surface area contributed by atoms with Gasteiger partial charge in [-0.15, -0.1) is 0 Å². The quantitative estimate of drug-likeness (QED) is 0.795. The molecule has 3 nitrogen and oxygen atoms in total. The fourth-order valence-corrected chi connectivity index (χ4v) is 0.943. The second-order valence-electron chi connectivity index (χ2n) is 2.87. The van der Waals surface area contributed by atoms with Crippen LogP contribution in [0.15, 0.2) is 6.20 Å². The summed E-state index contributed by atoms with van der Waals surface area (Å²) in [5.41, 5.74) is 0.817. The molecular weight excluding hydrogens is 197 g/mol. The minimum Gasteiger partial charge on any atom is -0.390 e. The van der Waals surface area contributed by atoms with Crippen LogP contribution in [0.1, 0.15) is 17.1 Å². The molecule has 0 aliphatic heterocycles. The molecule has 0 radical (unpaired) electrons. The zero-order valence-corrected chi connectivity index (χ0v) is 7.47. The summed E-state index contributed by atoms with van der Waals surface area (Å²) in [5, 5.41) is 8.77. The molecule has 0 fully saturated rings. The van der Waals surface area contributed by atoms with Crippen LogP contribution in [0.5, 0.6) is 0 Å². The van der Waals surface area contributed by atoms with Gasteiger partial charge in [0.15, 0.2) is 0 Å². The van der Waals surface area contributed by atoms with Crippen LogP contribution in [-0.2, 0) is 13.0 Å². The van der Waals surface area contributed by atoms with Crippen LogP contribution in [0, 0.1) is 6.92 Å². The van der Waals surface area contributed by atoms with Crippen LogP contribution in [0.25, 0.3) is 0 Å². The molecule has 0 aromatic carbocycles. The Kier molecular flexibility index (Phi) is 3.05. The van der Waals surface area contributed by atoms with Gasteiger partial charge in [0, 0.05) is 6.20 Å². The zero-order chi connectivity index (χ0) is 10.8. The van der Waals surface area contributed by atoms with Gasteiger partial charge in [0.1, 0.15) is 12.2 Å². The molecule has 0 saturated heterocycles. The van der Waals surface area contributed by atoms with Gasteiger partial charge in [0.2, 0.25) is 0 Å². The Morgan fingerprint density at radius 3 is 2.57 bits per heavy atom. The van der Waals surface area contributed by atoms with Gasteiger partial charge in [0.05, 0.1) is 12.3 Å². The van der Waals surface area contributed by atoms with Crippen molar-refractivity contribution < 1.29 is 18.3 Å². The van der Waals surface area contributed by atoms with Crippen LogP contribution in [0.2, 0.25) is 0 Å². The lowest BCUT2D eigenvalue weighted by atomic mass is 10.2. The minimum absolute atomic E-state index is 0.235. The summed E-state index contributed by atoms with van der Waals surface area (Å²) in [5.74, 6) is -0.313. The predicted octanol–water partition coefficient (Wildman–Crippen LogP) is 1.38. The van der Waals surface area contributed by atoms with E-state index in [4.69, 9.17) is 5.11 Å². The van der Waals surface area contributed by atoms with Gasteiger partial charge in [-0.3, -0.25) is 0 Å². The average molecular weight is 206 g/mol. The average Bonchev–Trinajstić information content (AvgIpc) is 2.06. The first-order valence-corrected chi connectivity index (χ1v) is 3.91. The van der Waals surface area contributed by atoms with Crippen molar-refractivity contribution in [2.24, 2.45) is 0 Å². The normalized spacial score (nSPS) is 11.8. The Morgan fingerprint density at radius 2 is 2.07 bits per heavy atom. The maximum absolute atomic E-state index is 11.9. The summed E-state index contributed by atoms with van der Waals surface area (Å²) in [4.78, 5) is 7.13. The third-order valence-corrected chi connectivity index (χ3v) is 1.63. The lowest BCUT2D eigenvalue weighted by Crippen LogP contribution is -2.15. The minimum atomic E-state index is -4.32. The largest absolute Gasteiger partial charge is 0.396 e. The molecule has 0 atom stereocenters. The van der Waals surface area contributed by atoms with E-state index >= 15 is 0 Å². The molecule has 1 rings (SSSR count). The van der Waals surface area contributed by atoms with E-state index in [2.05, 4.69) is 9.97 Å². The third-order valence-electron chi connectivity index (χ3n) is 1.63. The fraction of sp³-hybridized carbons (Fsp3) is 0.500. The highest BCUT2D eigenvalue weighted by Gasteiger charge is 2.29. The first-order chi connectivity index (χ1) is 6.42. The van der Waals surface area contributed by atoms with E-state index in [1.165, 1.54) is 6.20 Å². The molecule has 0 aliphatic rings. The molecule has 1 aromatic rings. The summed E-state index contributed by atoms with van der Waals surface area (Å²) < 4.78 is 35.8. The van der Waals surface area contributed by atoms with E-state index in [9.17, 15) is 13.2 Å². The highest BCUT2D eigenvalue weighted by molar-refractivity contribution is 5.14. The maximum atomic E-state index is 11.9. The summed E-state index contributed by atoms with van der Waals surface area (Å²) in [6.07, 6.45) is -4.21. The summed E-state index contributed by atoms with van der Waals surface area (Å²) in [6.45, 7) is 1.25. The van der Waals surface area contributed by atoms with Crippen molar-refractivity contribution in [1.29, 1.82) is 0 Å². The van der Waals surface area contributed by atoms with Crippen molar-refractivity contribution in [3.05, 3.63) is 23.3 Å². The van der Waals surface area contributed by atoms with Gasteiger partial charge in [-0.05, 0) is 12.5 Å². The maximum Gasteiger partial charge on any atom is 0.396 e. The molecule has 1 aromatic heterocycles. The van der Waals surface area contributed by atoms with Crippen molar-refractivity contribution >= 4 is 0 Å². The topological polar surface area (TPSA) is 46.0 Å². The predicted molar refractivity (Wildman–Crippen MR) is 42.5 cm³/mol. The summed E-state index contributed by atoms with van der Waals surface area (Å²) in [7, 11) is 0. The van der Waals surface area contributed by atoms with E-state index < -0.39 is 12.6 Å². The Morgan fingerprint density at radius 1 is 1.43 bits per heavy atom. The van der Waals surface area contributed by atoms with Crippen molar-refractivity contribution in [3.63, 3.8) is 0 Å². The number of hydrogen-bond acceptors (Lipinski definition) is 3.